The van der Waals surface area contributed by atoms with Crippen molar-refractivity contribution in [1.82, 2.24) is 5.32 Å². The molecule has 0 saturated heterocycles. The van der Waals surface area contributed by atoms with E-state index >= 15 is 0 Å². The van der Waals surface area contributed by atoms with Gasteiger partial charge >= 0.3 is 0 Å². The molecule has 4 heteroatoms. The van der Waals surface area contributed by atoms with Crippen molar-refractivity contribution in [3.05, 3.63) is 12.7 Å². The van der Waals surface area contributed by atoms with E-state index in [4.69, 9.17) is 0 Å². The summed E-state index contributed by atoms with van der Waals surface area (Å²) in [4.78, 5) is 0. The first-order chi connectivity index (χ1) is 6.00. The number of sulfone groups is 1. The lowest BCUT2D eigenvalue weighted by Crippen LogP contribution is -2.27. The molecule has 0 fully saturated rings. The SMILES string of the molecule is C=CCCNCCS(=O)(=O)C(C)C. The van der Waals surface area contributed by atoms with Gasteiger partial charge in [0.25, 0.3) is 0 Å². The highest BCUT2D eigenvalue weighted by molar-refractivity contribution is 7.92. The van der Waals surface area contributed by atoms with Crippen molar-refractivity contribution in [1.29, 1.82) is 0 Å². The van der Waals surface area contributed by atoms with Crippen molar-refractivity contribution in [2.75, 3.05) is 18.8 Å². The maximum atomic E-state index is 11.3. The van der Waals surface area contributed by atoms with Gasteiger partial charge in [-0.3, -0.25) is 0 Å². The normalized spacial score (nSPS) is 11.9. The molecule has 0 saturated carbocycles. The number of rotatable bonds is 7. The van der Waals surface area contributed by atoms with Crippen molar-refractivity contribution in [2.45, 2.75) is 25.5 Å². The van der Waals surface area contributed by atoms with Crippen LogP contribution in [-0.2, 0) is 9.84 Å². The predicted octanol–water partition coefficient (Wildman–Crippen LogP) is 0.975. The van der Waals surface area contributed by atoms with Gasteiger partial charge in [-0.25, -0.2) is 8.42 Å². The molecule has 0 atom stereocenters. The molecule has 0 spiro atoms. The van der Waals surface area contributed by atoms with Gasteiger partial charge in [0.1, 0.15) is 0 Å². The minimum absolute atomic E-state index is 0.224. The first kappa shape index (κ1) is 12.7. The Morgan fingerprint density at radius 3 is 2.46 bits per heavy atom. The van der Waals surface area contributed by atoms with Crippen molar-refractivity contribution >= 4 is 9.84 Å². The zero-order valence-electron chi connectivity index (χ0n) is 8.41. The monoisotopic (exact) mass is 205 g/mol. The minimum atomic E-state index is -2.87. The fraction of sp³-hybridized carbons (Fsp3) is 0.778. The van der Waals surface area contributed by atoms with Crippen LogP contribution in [0, 0.1) is 0 Å². The molecule has 3 nitrogen and oxygen atoms in total. The molecule has 0 aliphatic carbocycles. The summed E-state index contributed by atoms with van der Waals surface area (Å²) in [6.07, 6.45) is 2.69. The Morgan fingerprint density at radius 1 is 1.38 bits per heavy atom. The van der Waals surface area contributed by atoms with Gasteiger partial charge in [0.2, 0.25) is 0 Å². The molecule has 0 heterocycles. The van der Waals surface area contributed by atoms with Gasteiger partial charge in [0.15, 0.2) is 9.84 Å². The summed E-state index contributed by atoms with van der Waals surface area (Å²) in [6, 6.07) is 0. The Hall–Kier alpha value is -0.350. The van der Waals surface area contributed by atoms with Crippen molar-refractivity contribution < 1.29 is 8.42 Å². The highest BCUT2D eigenvalue weighted by Gasteiger charge is 2.14. The Kier molecular flexibility index (Phi) is 5.99. The quantitative estimate of drug-likeness (QED) is 0.498. The zero-order chi connectivity index (χ0) is 10.3. The van der Waals surface area contributed by atoms with E-state index in [1.54, 1.807) is 13.8 Å². The third kappa shape index (κ3) is 5.82. The summed E-state index contributed by atoms with van der Waals surface area (Å²) in [7, 11) is -2.87. The van der Waals surface area contributed by atoms with Crippen LogP contribution >= 0.6 is 0 Å². The molecule has 0 bridgehead atoms. The van der Waals surface area contributed by atoms with E-state index < -0.39 is 9.84 Å². The van der Waals surface area contributed by atoms with E-state index in [1.807, 2.05) is 6.08 Å². The third-order valence-corrected chi connectivity index (χ3v) is 4.02. The molecule has 0 unspecified atom stereocenters. The summed E-state index contributed by atoms with van der Waals surface area (Å²) in [6.45, 7) is 8.33. The lowest BCUT2D eigenvalue weighted by Gasteiger charge is -2.07. The van der Waals surface area contributed by atoms with E-state index in [-0.39, 0.29) is 11.0 Å². The molecule has 0 aromatic heterocycles. The van der Waals surface area contributed by atoms with E-state index in [1.165, 1.54) is 0 Å². The Morgan fingerprint density at radius 2 is 2.00 bits per heavy atom. The third-order valence-electron chi connectivity index (χ3n) is 1.81. The van der Waals surface area contributed by atoms with Gasteiger partial charge in [-0.15, -0.1) is 6.58 Å². The molecule has 0 aromatic carbocycles. The number of hydrogen-bond donors (Lipinski definition) is 1. The molecule has 1 N–H and O–H groups in total. The average molecular weight is 205 g/mol. The Bertz CT molecular complexity index is 232. The van der Waals surface area contributed by atoms with E-state index in [2.05, 4.69) is 11.9 Å². The van der Waals surface area contributed by atoms with Gasteiger partial charge < -0.3 is 5.32 Å². The van der Waals surface area contributed by atoms with E-state index in [9.17, 15) is 8.42 Å². The molecular formula is C9H19NO2S. The highest BCUT2D eigenvalue weighted by Crippen LogP contribution is 1.98. The topological polar surface area (TPSA) is 46.2 Å². The maximum Gasteiger partial charge on any atom is 0.153 e. The summed E-state index contributed by atoms with van der Waals surface area (Å²) < 4.78 is 22.6. The Balaban J connectivity index is 3.59. The summed E-state index contributed by atoms with van der Waals surface area (Å²) in [5.74, 6) is 0.224. The van der Waals surface area contributed by atoms with Crippen molar-refractivity contribution in [3.63, 3.8) is 0 Å². The second-order valence-corrected chi connectivity index (χ2v) is 5.92. The first-order valence-corrected chi connectivity index (χ1v) is 6.25. The summed E-state index contributed by atoms with van der Waals surface area (Å²) in [5.41, 5.74) is 0. The van der Waals surface area contributed by atoms with E-state index in [0.717, 1.165) is 13.0 Å². The van der Waals surface area contributed by atoms with Crippen LogP contribution in [0.5, 0.6) is 0 Å². The van der Waals surface area contributed by atoms with Crippen molar-refractivity contribution in [2.24, 2.45) is 0 Å². The molecule has 0 amide bonds. The fourth-order valence-corrected chi connectivity index (χ4v) is 1.68. The Labute approximate surface area is 81.1 Å². The van der Waals surface area contributed by atoms with Crippen LogP contribution in [0.4, 0.5) is 0 Å². The van der Waals surface area contributed by atoms with Crippen molar-refractivity contribution in [3.8, 4) is 0 Å². The summed E-state index contributed by atoms with van der Waals surface area (Å²) in [5, 5.41) is 2.78. The van der Waals surface area contributed by atoms with Crippen LogP contribution in [0.1, 0.15) is 20.3 Å². The van der Waals surface area contributed by atoms with E-state index in [0.29, 0.717) is 6.54 Å². The highest BCUT2D eigenvalue weighted by atomic mass is 32.2. The van der Waals surface area contributed by atoms with Gasteiger partial charge in [-0.2, -0.15) is 0 Å². The smallest absolute Gasteiger partial charge is 0.153 e. The lowest BCUT2D eigenvalue weighted by atomic mass is 10.4. The van der Waals surface area contributed by atoms with Crippen LogP contribution < -0.4 is 5.32 Å². The second-order valence-electron chi connectivity index (χ2n) is 3.24. The van der Waals surface area contributed by atoms with Crippen LogP contribution in [0.25, 0.3) is 0 Å². The molecule has 0 aliphatic rings. The van der Waals surface area contributed by atoms with Gasteiger partial charge in [0, 0.05) is 6.54 Å². The standard InChI is InChI=1S/C9H19NO2S/c1-4-5-6-10-7-8-13(11,12)9(2)3/h4,9-10H,1,5-8H2,2-3H3. The largest absolute Gasteiger partial charge is 0.315 e. The molecule has 0 rings (SSSR count). The molecular weight excluding hydrogens is 186 g/mol. The van der Waals surface area contributed by atoms with Crippen LogP contribution in [-0.4, -0.2) is 32.5 Å². The second kappa shape index (κ2) is 6.16. The molecule has 0 aromatic rings. The minimum Gasteiger partial charge on any atom is -0.315 e. The van der Waals surface area contributed by atoms with Crippen LogP contribution in [0.15, 0.2) is 12.7 Å². The molecule has 0 radical (unpaired) electrons. The first-order valence-electron chi connectivity index (χ1n) is 4.54. The fourth-order valence-electron chi connectivity index (χ4n) is 0.779. The van der Waals surface area contributed by atoms with Crippen LogP contribution in [0.2, 0.25) is 0 Å². The molecule has 13 heavy (non-hydrogen) atoms. The molecule has 78 valence electrons. The zero-order valence-corrected chi connectivity index (χ0v) is 9.23. The number of hydrogen-bond acceptors (Lipinski definition) is 3. The average Bonchev–Trinajstić information content (AvgIpc) is 2.03. The number of nitrogens with one attached hydrogen (secondary N) is 1. The lowest BCUT2D eigenvalue weighted by molar-refractivity contribution is 0.582. The maximum absolute atomic E-state index is 11.3. The predicted molar refractivity (Wildman–Crippen MR) is 56.6 cm³/mol. The molecule has 0 aliphatic heterocycles. The summed E-state index contributed by atoms with van der Waals surface area (Å²) >= 11 is 0. The van der Waals surface area contributed by atoms with Gasteiger partial charge in [-0.05, 0) is 26.8 Å². The van der Waals surface area contributed by atoms with Gasteiger partial charge in [-0.1, -0.05) is 6.08 Å². The van der Waals surface area contributed by atoms with Crippen LogP contribution in [0.3, 0.4) is 0 Å². The van der Waals surface area contributed by atoms with Gasteiger partial charge in [0.05, 0.1) is 11.0 Å².